The van der Waals surface area contributed by atoms with Crippen LogP contribution in [0.15, 0.2) is 23.3 Å². The molecular weight excluding hydrogens is 166 g/mol. The van der Waals surface area contributed by atoms with E-state index in [2.05, 4.69) is 19.1 Å². The first-order valence-corrected chi connectivity index (χ1v) is 4.55. The van der Waals surface area contributed by atoms with E-state index >= 15 is 0 Å². The molecule has 0 saturated heterocycles. The fourth-order valence-electron chi connectivity index (χ4n) is 1.99. The van der Waals surface area contributed by atoms with Crippen LogP contribution in [-0.4, -0.2) is 29.2 Å². The predicted molar refractivity (Wildman–Crippen MR) is 49.5 cm³/mol. The van der Waals surface area contributed by atoms with Gasteiger partial charge in [0.25, 0.3) is 0 Å². The number of carboxylic acid groups (broad SMARTS) is 1. The molecule has 1 aliphatic carbocycles. The van der Waals surface area contributed by atoms with Gasteiger partial charge in [0.1, 0.15) is 0 Å². The molecule has 3 heteroatoms. The van der Waals surface area contributed by atoms with Crippen LogP contribution in [-0.2, 0) is 0 Å². The first-order valence-electron chi connectivity index (χ1n) is 4.55. The maximum absolute atomic E-state index is 10.7. The van der Waals surface area contributed by atoms with Crippen LogP contribution in [0.4, 0.5) is 4.79 Å². The molecule has 13 heavy (non-hydrogen) atoms. The second-order valence-corrected chi connectivity index (χ2v) is 3.73. The normalized spacial score (nSPS) is 26.5. The molecular formula is C10H13NO2. The average molecular weight is 179 g/mol. The molecule has 2 aliphatic rings. The highest BCUT2D eigenvalue weighted by Crippen LogP contribution is 2.30. The van der Waals surface area contributed by atoms with E-state index in [1.807, 2.05) is 0 Å². The lowest BCUT2D eigenvalue weighted by atomic mass is 9.90. The van der Waals surface area contributed by atoms with Gasteiger partial charge in [-0.1, -0.05) is 19.1 Å². The van der Waals surface area contributed by atoms with Crippen LogP contribution >= 0.6 is 0 Å². The Hall–Kier alpha value is -1.25. The maximum Gasteiger partial charge on any atom is 0.407 e. The number of nitrogens with zero attached hydrogens (tertiary/aromatic N) is 1. The Morgan fingerprint density at radius 3 is 3.00 bits per heavy atom. The SMILES string of the molecule is CC1CC=CC2=C1CN(C(=O)O)C2. The van der Waals surface area contributed by atoms with E-state index in [0.717, 1.165) is 6.42 Å². The van der Waals surface area contributed by atoms with Crippen molar-refractivity contribution in [3.8, 4) is 0 Å². The van der Waals surface area contributed by atoms with E-state index < -0.39 is 6.09 Å². The van der Waals surface area contributed by atoms with Crippen LogP contribution in [0.3, 0.4) is 0 Å². The zero-order valence-corrected chi connectivity index (χ0v) is 7.66. The third-order valence-corrected chi connectivity index (χ3v) is 2.81. The number of hydrogen-bond donors (Lipinski definition) is 1. The topological polar surface area (TPSA) is 40.5 Å². The number of rotatable bonds is 0. The van der Waals surface area contributed by atoms with E-state index in [-0.39, 0.29) is 0 Å². The number of carbonyl (C=O) groups is 1. The zero-order chi connectivity index (χ0) is 9.42. The molecule has 2 rings (SSSR count). The third kappa shape index (κ3) is 1.34. The molecule has 1 unspecified atom stereocenters. The van der Waals surface area contributed by atoms with Gasteiger partial charge in [0.15, 0.2) is 0 Å². The lowest BCUT2D eigenvalue weighted by molar-refractivity contribution is 0.156. The van der Waals surface area contributed by atoms with Gasteiger partial charge in [-0.3, -0.25) is 0 Å². The molecule has 3 nitrogen and oxygen atoms in total. The first kappa shape index (κ1) is 8.35. The minimum Gasteiger partial charge on any atom is -0.465 e. The summed E-state index contributed by atoms with van der Waals surface area (Å²) in [5.74, 6) is 0.518. The van der Waals surface area contributed by atoms with Gasteiger partial charge < -0.3 is 10.0 Å². The standard InChI is InChI=1S/C10H13NO2/c1-7-3-2-4-8-5-11(10(12)13)6-9(7)8/h2,4,7H,3,5-6H2,1H3,(H,12,13). The van der Waals surface area contributed by atoms with Gasteiger partial charge >= 0.3 is 6.09 Å². The van der Waals surface area contributed by atoms with Crippen LogP contribution in [0, 0.1) is 5.92 Å². The number of hydrogen-bond acceptors (Lipinski definition) is 1. The summed E-state index contributed by atoms with van der Waals surface area (Å²) in [5.41, 5.74) is 2.52. The lowest BCUT2D eigenvalue weighted by Crippen LogP contribution is -2.27. The summed E-state index contributed by atoms with van der Waals surface area (Å²) in [6, 6.07) is 0. The molecule has 70 valence electrons. The van der Waals surface area contributed by atoms with E-state index in [1.54, 1.807) is 0 Å². The van der Waals surface area contributed by atoms with Gasteiger partial charge in [-0.15, -0.1) is 0 Å². The van der Waals surface area contributed by atoms with E-state index in [1.165, 1.54) is 16.0 Å². The molecule has 1 atom stereocenters. The Morgan fingerprint density at radius 2 is 2.38 bits per heavy atom. The van der Waals surface area contributed by atoms with E-state index in [9.17, 15) is 4.79 Å². The summed E-state index contributed by atoms with van der Waals surface area (Å²) in [4.78, 5) is 12.2. The van der Waals surface area contributed by atoms with Gasteiger partial charge in [-0.05, 0) is 23.5 Å². The summed E-state index contributed by atoms with van der Waals surface area (Å²) in [6.45, 7) is 3.34. The Bertz CT molecular complexity index is 304. The molecule has 0 aromatic carbocycles. The molecule has 0 radical (unpaired) electrons. The second-order valence-electron chi connectivity index (χ2n) is 3.73. The Kier molecular flexibility index (Phi) is 1.87. The van der Waals surface area contributed by atoms with Crippen LogP contribution < -0.4 is 0 Å². The molecule has 0 aromatic rings. The Morgan fingerprint density at radius 1 is 1.62 bits per heavy atom. The minimum atomic E-state index is -0.810. The van der Waals surface area contributed by atoms with Crippen molar-refractivity contribution in [1.29, 1.82) is 0 Å². The molecule has 0 saturated carbocycles. The molecule has 1 amide bonds. The first-order chi connectivity index (χ1) is 6.18. The Labute approximate surface area is 77.3 Å². The summed E-state index contributed by atoms with van der Waals surface area (Å²) in [7, 11) is 0. The lowest BCUT2D eigenvalue weighted by Gasteiger charge is -2.15. The summed E-state index contributed by atoms with van der Waals surface area (Å²) < 4.78 is 0. The molecule has 0 aromatic heterocycles. The molecule has 0 fully saturated rings. The summed E-state index contributed by atoms with van der Waals surface area (Å²) >= 11 is 0. The van der Waals surface area contributed by atoms with Gasteiger partial charge in [0.2, 0.25) is 0 Å². The van der Waals surface area contributed by atoms with Gasteiger partial charge in [-0.2, -0.15) is 0 Å². The van der Waals surface area contributed by atoms with Crippen molar-refractivity contribution in [2.45, 2.75) is 13.3 Å². The highest BCUT2D eigenvalue weighted by atomic mass is 16.4. The average Bonchev–Trinajstić information content (AvgIpc) is 2.49. The summed E-state index contributed by atoms with van der Waals surface area (Å²) in [5, 5.41) is 8.82. The van der Waals surface area contributed by atoms with Crippen LogP contribution in [0.2, 0.25) is 0 Å². The predicted octanol–water partition coefficient (Wildman–Crippen LogP) is 1.87. The van der Waals surface area contributed by atoms with Crippen molar-refractivity contribution in [3.05, 3.63) is 23.3 Å². The highest BCUT2D eigenvalue weighted by molar-refractivity contribution is 5.67. The van der Waals surface area contributed by atoms with Crippen molar-refractivity contribution in [2.24, 2.45) is 5.92 Å². The molecule has 0 spiro atoms. The van der Waals surface area contributed by atoms with Gasteiger partial charge in [0, 0.05) is 13.1 Å². The molecule has 0 bridgehead atoms. The van der Waals surface area contributed by atoms with Crippen molar-refractivity contribution in [1.82, 2.24) is 4.90 Å². The quantitative estimate of drug-likeness (QED) is 0.616. The van der Waals surface area contributed by atoms with E-state index in [0.29, 0.717) is 19.0 Å². The smallest absolute Gasteiger partial charge is 0.407 e. The van der Waals surface area contributed by atoms with Gasteiger partial charge in [0.05, 0.1) is 0 Å². The van der Waals surface area contributed by atoms with Crippen LogP contribution in [0.1, 0.15) is 13.3 Å². The Balaban J connectivity index is 2.18. The third-order valence-electron chi connectivity index (χ3n) is 2.81. The molecule has 1 N–H and O–H groups in total. The maximum atomic E-state index is 10.7. The minimum absolute atomic E-state index is 0.518. The van der Waals surface area contributed by atoms with Crippen LogP contribution in [0.25, 0.3) is 0 Å². The van der Waals surface area contributed by atoms with Crippen molar-refractivity contribution >= 4 is 6.09 Å². The van der Waals surface area contributed by atoms with Crippen molar-refractivity contribution in [3.63, 3.8) is 0 Å². The van der Waals surface area contributed by atoms with Crippen molar-refractivity contribution in [2.75, 3.05) is 13.1 Å². The molecule has 1 heterocycles. The summed E-state index contributed by atoms with van der Waals surface area (Å²) in [6.07, 6.45) is 4.44. The number of allylic oxidation sites excluding steroid dienone is 1. The fourth-order valence-corrected chi connectivity index (χ4v) is 1.99. The zero-order valence-electron chi connectivity index (χ0n) is 7.66. The largest absolute Gasteiger partial charge is 0.465 e. The fraction of sp³-hybridized carbons (Fsp3) is 0.500. The highest BCUT2D eigenvalue weighted by Gasteiger charge is 2.28. The van der Waals surface area contributed by atoms with Crippen LogP contribution in [0.5, 0.6) is 0 Å². The number of amides is 1. The second kappa shape index (κ2) is 2.91. The van der Waals surface area contributed by atoms with E-state index in [4.69, 9.17) is 5.11 Å². The van der Waals surface area contributed by atoms with Crippen molar-refractivity contribution < 1.29 is 9.90 Å². The van der Waals surface area contributed by atoms with Gasteiger partial charge in [-0.25, -0.2) is 4.79 Å². The molecule has 1 aliphatic heterocycles. The monoisotopic (exact) mass is 179 g/mol.